The monoisotopic (exact) mass is 362 g/mol. The number of benzene rings is 2. The van der Waals surface area contributed by atoms with Crippen molar-refractivity contribution >= 4 is 33.2 Å². The Labute approximate surface area is 158 Å². The third-order valence-electron chi connectivity index (χ3n) is 4.54. The average molecular weight is 362 g/mol. The van der Waals surface area contributed by atoms with Crippen LogP contribution in [0.15, 0.2) is 75.7 Å². The van der Waals surface area contributed by atoms with Gasteiger partial charge >= 0.3 is 0 Å². The predicted octanol–water partition coefficient (Wildman–Crippen LogP) is 6.46. The number of nitrogens with zero attached hydrogens (tertiary/aromatic N) is 2. The zero-order chi connectivity index (χ0) is 17.8. The van der Waals surface area contributed by atoms with E-state index in [-0.39, 0.29) is 0 Å². The lowest BCUT2D eigenvalue weighted by Gasteiger charge is -2.13. The standard InChI is InChI=1S/C22H22N2OS/c1-2-25-18-14-12-17(13-15-18)24-22-20-11-7-6-10-19(20)21(26-22)23-16-8-4-3-5-9-16/h3-5,8-9,12-15H,2,6-7,10-11H2,1H3. The summed E-state index contributed by atoms with van der Waals surface area (Å²) in [5.74, 6) is 0.888. The first kappa shape index (κ1) is 17.1. The summed E-state index contributed by atoms with van der Waals surface area (Å²) < 4.78 is 5.52. The highest BCUT2D eigenvalue weighted by Gasteiger charge is 2.30. The molecule has 0 N–H and O–H groups in total. The molecule has 0 bridgehead atoms. The lowest BCUT2D eigenvalue weighted by Crippen LogP contribution is -2.02. The van der Waals surface area contributed by atoms with Crippen LogP contribution in [0.5, 0.6) is 5.75 Å². The van der Waals surface area contributed by atoms with Crippen molar-refractivity contribution < 1.29 is 4.74 Å². The normalized spacial score (nSPS) is 19.9. The lowest BCUT2D eigenvalue weighted by molar-refractivity contribution is 0.340. The first-order chi connectivity index (χ1) is 12.8. The van der Waals surface area contributed by atoms with E-state index in [1.807, 2.05) is 49.4 Å². The van der Waals surface area contributed by atoms with Crippen LogP contribution in [0, 0.1) is 0 Å². The van der Waals surface area contributed by atoms with Crippen molar-refractivity contribution in [2.75, 3.05) is 6.61 Å². The number of rotatable bonds is 4. The van der Waals surface area contributed by atoms with E-state index in [4.69, 9.17) is 14.7 Å². The summed E-state index contributed by atoms with van der Waals surface area (Å²) in [6.45, 7) is 2.67. The summed E-state index contributed by atoms with van der Waals surface area (Å²) in [5.41, 5.74) is 4.77. The molecule has 0 atom stereocenters. The molecule has 0 fully saturated rings. The van der Waals surface area contributed by atoms with Crippen LogP contribution in [0.1, 0.15) is 32.6 Å². The molecular weight excluding hydrogens is 340 g/mol. The molecule has 0 spiro atoms. The van der Waals surface area contributed by atoms with E-state index in [9.17, 15) is 0 Å². The van der Waals surface area contributed by atoms with Gasteiger partial charge in [0, 0.05) is 0 Å². The van der Waals surface area contributed by atoms with Gasteiger partial charge in [0.1, 0.15) is 15.8 Å². The molecule has 1 aliphatic heterocycles. The van der Waals surface area contributed by atoms with Gasteiger partial charge in [-0.05, 0) is 91.9 Å². The maximum Gasteiger partial charge on any atom is 0.119 e. The highest BCUT2D eigenvalue weighted by Crippen LogP contribution is 2.41. The van der Waals surface area contributed by atoms with E-state index >= 15 is 0 Å². The topological polar surface area (TPSA) is 34.0 Å². The Morgan fingerprint density at radius 2 is 1.38 bits per heavy atom. The Morgan fingerprint density at radius 1 is 0.808 bits per heavy atom. The Bertz CT molecular complexity index is 867. The van der Waals surface area contributed by atoms with Gasteiger partial charge in [-0.2, -0.15) is 0 Å². The highest BCUT2D eigenvalue weighted by molar-refractivity contribution is 8.28. The molecule has 4 heteroatoms. The van der Waals surface area contributed by atoms with E-state index in [2.05, 4.69) is 12.1 Å². The van der Waals surface area contributed by atoms with Crippen LogP contribution in [-0.2, 0) is 0 Å². The van der Waals surface area contributed by atoms with Crippen LogP contribution in [0.2, 0.25) is 0 Å². The number of thioether (sulfide) groups is 1. The van der Waals surface area contributed by atoms with E-state index in [0.717, 1.165) is 40.1 Å². The molecule has 2 aliphatic rings. The number of hydrogen-bond donors (Lipinski definition) is 0. The Hall–Kier alpha value is -2.33. The van der Waals surface area contributed by atoms with Crippen LogP contribution < -0.4 is 4.74 Å². The minimum Gasteiger partial charge on any atom is -0.494 e. The van der Waals surface area contributed by atoms with Gasteiger partial charge in [-0.3, -0.25) is 0 Å². The molecule has 2 aromatic carbocycles. The smallest absolute Gasteiger partial charge is 0.119 e. The molecule has 0 amide bonds. The molecule has 0 unspecified atom stereocenters. The highest BCUT2D eigenvalue weighted by atomic mass is 32.2. The van der Waals surface area contributed by atoms with Crippen molar-refractivity contribution in [1.82, 2.24) is 0 Å². The Kier molecular flexibility index (Phi) is 5.21. The van der Waals surface area contributed by atoms with Crippen molar-refractivity contribution in [2.45, 2.75) is 32.6 Å². The number of aliphatic imine (C=N–C) groups is 2. The van der Waals surface area contributed by atoms with Gasteiger partial charge in [0.15, 0.2) is 0 Å². The summed E-state index contributed by atoms with van der Waals surface area (Å²) in [6, 6.07) is 18.2. The fourth-order valence-electron chi connectivity index (χ4n) is 3.29. The molecule has 1 heterocycles. The molecule has 3 nitrogen and oxygen atoms in total. The predicted molar refractivity (Wildman–Crippen MR) is 111 cm³/mol. The second-order valence-corrected chi connectivity index (χ2v) is 7.34. The van der Waals surface area contributed by atoms with Gasteiger partial charge < -0.3 is 4.74 Å². The Morgan fingerprint density at radius 3 is 1.96 bits per heavy atom. The van der Waals surface area contributed by atoms with Gasteiger partial charge in [-0.25, -0.2) is 9.98 Å². The second-order valence-electron chi connectivity index (χ2n) is 6.36. The zero-order valence-electron chi connectivity index (χ0n) is 14.9. The number of ether oxygens (including phenoxy) is 1. The van der Waals surface area contributed by atoms with Gasteiger partial charge in [-0.1, -0.05) is 18.2 Å². The number of para-hydroxylation sites is 1. The van der Waals surface area contributed by atoms with Crippen LogP contribution >= 0.6 is 11.8 Å². The van der Waals surface area contributed by atoms with E-state index in [1.54, 1.807) is 11.8 Å². The van der Waals surface area contributed by atoms with Gasteiger partial charge in [0.2, 0.25) is 0 Å². The maximum atomic E-state index is 5.52. The summed E-state index contributed by atoms with van der Waals surface area (Å²) in [7, 11) is 0. The second kappa shape index (κ2) is 7.92. The summed E-state index contributed by atoms with van der Waals surface area (Å²) in [4.78, 5) is 9.81. The largest absolute Gasteiger partial charge is 0.494 e. The molecule has 0 aromatic heterocycles. The van der Waals surface area contributed by atoms with Crippen molar-refractivity contribution in [3.8, 4) is 5.75 Å². The third kappa shape index (κ3) is 3.75. The summed E-state index contributed by atoms with van der Waals surface area (Å²) in [5, 5.41) is 2.23. The van der Waals surface area contributed by atoms with Crippen LogP contribution in [0.3, 0.4) is 0 Å². The molecule has 0 saturated heterocycles. The van der Waals surface area contributed by atoms with Gasteiger partial charge in [0.05, 0.1) is 18.0 Å². The van der Waals surface area contributed by atoms with Gasteiger partial charge in [-0.15, -0.1) is 0 Å². The third-order valence-corrected chi connectivity index (χ3v) is 5.60. The van der Waals surface area contributed by atoms with E-state index < -0.39 is 0 Å². The SMILES string of the molecule is CCOc1ccc(N=C2SC(=Nc3ccccc3)C3=C2CCCC3)cc1. The molecule has 132 valence electrons. The summed E-state index contributed by atoms with van der Waals surface area (Å²) in [6.07, 6.45) is 4.69. The van der Waals surface area contributed by atoms with E-state index in [0.29, 0.717) is 6.61 Å². The first-order valence-electron chi connectivity index (χ1n) is 9.19. The first-order valence-corrected chi connectivity index (χ1v) is 10.0. The molecular formula is C22H22N2OS. The van der Waals surface area contributed by atoms with Gasteiger partial charge in [0.25, 0.3) is 0 Å². The molecule has 0 radical (unpaired) electrons. The molecule has 26 heavy (non-hydrogen) atoms. The lowest BCUT2D eigenvalue weighted by atomic mass is 9.93. The summed E-state index contributed by atoms with van der Waals surface area (Å²) >= 11 is 1.71. The van der Waals surface area contributed by atoms with Crippen LogP contribution in [-0.4, -0.2) is 16.7 Å². The molecule has 1 aliphatic carbocycles. The van der Waals surface area contributed by atoms with Crippen LogP contribution in [0.25, 0.3) is 0 Å². The quantitative estimate of drug-likeness (QED) is 0.625. The molecule has 2 aromatic rings. The minimum atomic E-state index is 0.680. The van der Waals surface area contributed by atoms with Crippen molar-refractivity contribution in [3.63, 3.8) is 0 Å². The average Bonchev–Trinajstić information content (AvgIpc) is 3.02. The minimum absolute atomic E-state index is 0.680. The molecule has 0 saturated carbocycles. The van der Waals surface area contributed by atoms with Crippen molar-refractivity contribution in [2.24, 2.45) is 9.98 Å². The van der Waals surface area contributed by atoms with Crippen LogP contribution in [0.4, 0.5) is 11.4 Å². The van der Waals surface area contributed by atoms with Crippen molar-refractivity contribution in [3.05, 3.63) is 65.7 Å². The zero-order valence-corrected chi connectivity index (χ0v) is 15.8. The molecule has 4 rings (SSSR count). The van der Waals surface area contributed by atoms with E-state index in [1.165, 1.54) is 24.0 Å². The number of hydrogen-bond acceptors (Lipinski definition) is 4. The Balaban J connectivity index is 1.65. The maximum absolute atomic E-state index is 5.52. The fraction of sp³-hybridized carbons (Fsp3) is 0.273. The van der Waals surface area contributed by atoms with Crippen molar-refractivity contribution in [1.29, 1.82) is 0 Å². The fourth-order valence-corrected chi connectivity index (χ4v) is 4.48.